The molecule has 1 fully saturated rings. The fourth-order valence-electron chi connectivity index (χ4n) is 2.76. The molecule has 3 N–H and O–H groups in total. The van der Waals surface area contributed by atoms with Crippen LogP contribution in [0.2, 0.25) is 0 Å². The van der Waals surface area contributed by atoms with Crippen LogP contribution in [0.4, 0.5) is 5.00 Å². The van der Waals surface area contributed by atoms with Crippen molar-refractivity contribution >= 4 is 34.1 Å². The maximum Gasteiger partial charge on any atom is 0.348 e. The van der Waals surface area contributed by atoms with E-state index in [0.717, 1.165) is 43.4 Å². The third-order valence-corrected chi connectivity index (χ3v) is 5.16. The van der Waals surface area contributed by atoms with Gasteiger partial charge in [-0.15, -0.1) is 11.3 Å². The maximum absolute atomic E-state index is 12.3. The number of ether oxygens (including phenoxy) is 1. The molecule has 0 unspecified atom stereocenters. The minimum absolute atomic E-state index is 0.0431. The van der Waals surface area contributed by atoms with E-state index in [1.807, 2.05) is 0 Å². The van der Waals surface area contributed by atoms with Gasteiger partial charge in [-0.25, -0.2) is 4.79 Å². The molecule has 1 heterocycles. The van der Waals surface area contributed by atoms with Crippen molar-refractivity contribution in [3.05, 3.63) is 16.0 Å². The number of amides is 2. The zero-order chi connectivity index (χ0) is 16.3. The molecule has 1 aliphatic carbocycles. The number of rotatable bonds is 4. The predicted molar refractivity (Wildman–Crippen MR) is 84.1 cm³/mol. The lowest BCUT2D eigenvalue weighted by molar-refractivity contribution is -0.120. The van der Waals surface area contributed by atoms with Crippen molar-refractivity contribution in [1.82, 2.24) is 0 Å². The number of nitrogens with two attached hydrogens (primary N) is 1. The molecule has 1 aromatic heterocycles. The number of thiophene rings is 1. The van der Waals surface area contributed by atoms with Crippen LogP contribution in [0.15, 0.2) is 0 Å². The Morgan fingerprint density at radius 1 is 1.23 bits per heavy atom. The summed E-state index contributed by atoms with van der Waals surface area (Å²) in [4.78, 5) is 36.0. The summed E-state index contributed by atoms with van der Waals surface area (Å²) in [5.41, 5.74) is 6.03. The second-order valence-electron chi connectivity index (χ2n) is 5.44. The number of anilines is 1. The molecule has 6 nitrogen and oxygen atoms in total. The van der Waals surface area contributed by atoms with Gasteiger partial charge in [0.15, 0.2) is 0 Å². The summed E-state index contributed by atoms with van der Waals surface area (Å²) in [6.45, 7) is 1.62. The zero-order valence-electron chi connectivity index (χ0n) is 12.7. The Bertz CT molecular complexity index is 603. The van der Waals surface area contributed by atoms with Gasteiger partial charge in [-0.1, -0.05) is 19.3 Å². The summed E-state index contributed by atoms with van der Waals surface area (Å²) in [5, 5.41) is 3.11. The van der Waals surface area contributed by atoms with Gasteiger partial charge in [-0.3, -0.25) is 9.59 Å². The van der Waals surface area contributed by atoms with Crippen LogP contribution in [-0.2, 0) is 9.53 Å². The molecule has 1 saturated carbocycles. The molecule has 0 bridgehead atoms. The molecule has 0 saturated heterocycles. The second kappa shape index (κ2) is 6.91. The van der Waals surface area contributed by atoms with E-state index >= 15 is 0 Å². The third-order valence-electron chi connectivity index (χ3n) is 3.98. The summed E-state index contributed by atoms with van der Waals surface area (Å²) in [6, 6.07) is 0. The van der Waals surface area contributed by atoms with E-state index in [4.69, 9.17) is 10.5 Å². The molecule has 0 radical (unpaired) electrons. The summed E-state index contributed by atoms with van der Waals surface area (Å²) in [7, 11) is 1.27. The molecule has 7 heteroatoms. The monoisotopic (exact) mass is 324 g/mol. The van der Waals surface area contributed by atoms with E-state index < -0.39 is 11.9 Å². The van der Waals surface area contributed by atoms with Crippen molar-refractivity contribution in [1.29, 1.82) is 0 Å². The van der Waals surface area contributed by atoms with Crippen LogP contribution in [-0.4, -0.2) is 24.9 Å². The number of hydrogen-bond acceptors (Lipinski definition) is 5. The van der Waals surface area contributed by atoms with Gasteiger partial charge in [0.1, 0.15) is 9.88 Å². The Morgan fingerprint density at radius 3 is 2.41 bits per heavy atom. The first-order chi connectivity index (χ1) is 10.5. The lowest BCUT2D eigenvalue weighted by atomic mass is 9.89. The lowest BCUT2D eigenvalue weighted by Crippen LogP contribution is -2.25. The van der Waals surface area contributed by atoms with Crippen molar-refractivity contribution < 1.29 is 19.1 Å². The van der Waals surface area contributed by atoms with Crippen LogP contribution in [0.5, 0.6) is 0 Å². The molecule has 120 valence electrons. The van der Waals surface area contributed by atoms with E-state index in [9.17, 15) is 14.4 Å². The number of carbonyl (C=O) groups is 3. The Balaban J connectivity index is 2.27. The van der Waals surface area contributed by atoms with Crippen LogP contribution < -0.4 is 11.1 Å². The molecule has 0 aromatic carbocycles. The van der Waals surface area contributed by atoms with Crippen molar-refractivity contribution in [2.24, 2.45) is 11.7 Å². The van der Waals surface area contributed by atoms with Crippen LogP contribution in [0.3, 0.4) is 0 Å². The number of primary amides is 1. The van der Waals surface area contributed by atoms with E-state index in [0.29, 0.717) is 10.6 Å². The Hall–Kier alpha value is -1.89. The molecule has 0 atom stereocenters. The van der Waals surface area contributed by atoms with E-state index in [2.05, 4.69) is 5.32 Å². The number of methoxy groups -OCH3 is 1. The Morgan fingerprint density at radius 2 is 1.86 bits per heavy atom. The Kier molecular flexibility index (Phi) is 5.18. The molecule has 1 aliphatic rings. The maximum atomic E-state index is 12.3. The minimum atomic E-state index is -0.664. The minimum Gasteiger partial charge on any atom is -0.465 e. The standard InChI is InChI=1S/C15H20N2O4S/c1-8-10(12(16)18)14(22-11(8)15(20)21-2)17-13(19)9-6-4-3-5-7-9/h9H,3-7H2,1-2H3,(H2,16,18)(H,17,19). The first kappa shape index (κ1) is 16.5. The van der Waals surface area contributed by atoms with Gasteiger partial charge in [0.2, 0.25) is 5.91 Å². The number of carbonyl (C=O) groups excluding carboxylic acids is 3. The summed E-state index contributed by atoms with van der Waals surface area (Å²) in [5.74, 6) is -1.36. The molecule has 1 aromatic rings. The molecule has 0 spiro atoms. The first-order valence-electron chi connectivity index (χ1n) is 7.28. The summed E-state index contributed by atoms with van der Waals surface area (Å²) < 4.78 is 4.69. The van der Waals surface area contributed by atoms with E-state index in [1.54, 1.807) is 6.92 Å². The molecule has 2 amide bonds. The largest absolute Gasteiger partial charge is 0.465 e. The van der Waals surface area contributed by atoms with Gasteiger partial charge >= 0.3 is 5.97 Å². The fourth-order valence-corrected chi connectivity index (χ4v) is 3.90. The topological polar surface area (TPSA) is 98.5 Å². The fraction of sp³-hybridized carbons (Fsp3) is 0.533. The van der Waals surface area contributed by atoms with Crippen molar-refractivity contribution in [3.63, 3.8) is 0 Å². The first-order valence-corrected chi connectivity index (χ1v) is 8.09. The highest BCUT2D eigenvalue weighted by molar-refractivity contribution is 7.18. The Labute approximate surface area is 133 Å². The number of hydrogen-bond donors (Lipinski definition) is 2. The molecule has 0 aliphatic heterocycles. The molecular weight excluding hydrogens is 304 g/mol. The molecule has 22 heavy (non-hydrogen) atoms. The highest BCUT2D eigenvalue weighted by Gasteiger charge is 2.27. The highest BCUT2D eigenvalue weighted by atomic mass is 32.1. The van der Waals surface area contributed by atoms with Crippen LogP contribution in [0.1, 0.15) is 57.7 Å². The van der Waals surface area contributed by atoms with Crippen molar-refractivity contribution in [3.8, 4) is 0 Å². The molecule has 2 rings (SSSR count). The predicted octanol–water partition coefficient (Wildman–Crippen LogP) is 2.46. The third kappa shape index (κ3) is 3.30. The smallest absolute Gasteiger partial charge is 0.348 e. The van der Waals surface area contributed by atoms with Gasteiger partial charge in [0.25, 0.3) is 5.91 Å². The zero-order valence-corrected chi connectivity index (χ0v) is 13.5. The molecular formula is C15H20N2O4S. The second-order valence-corrected chi connectivity index (χ2v) is 6.46. The van der Waals surface area contributed by atoms with Gasteiger partial charge in [-0.05, 0) is 25.3 Å². The SMILES string of the molecule is COC(=O)c1sc(NC(=O)C2CCCCC2)c(C(N)=O)c1C. The number of esters is 1. The quantitative estimate of drug-likeness (QED) is 0.831. The van der Waals surface area contributed by atoms with Gasteiger partial charge in [0.05, 0.1) is 12.7 Å². The van der Waals surface area contributed by atoms with Crippen LogP contribution in [0.25, 0.3) is 0 Å². The normalized spacial score (nSPS) is 15.4. The van der Waals surface area contributed by atoms with Crippen LogP contribution >= 0.6 is 11.3 Å². The van der Waals surface area contributed by atoms with Crippen molar-refractivity contribution in [2.75, 3.05) is 12.4 Å². The average Bonchev–Trinajstić information content (AvgIpc) is 2.83. The van der Waals surface area contributed by atoms with E-state index in [1.165, 1.54) is 7.11 Å². The average molecular weight is 324 g/mol. The van der Waals surface area contributed by atoms with Crippen molar-refractivity contribution in [2.45, 2.75) is 39.0 Å². The van der Waals surface area contributed by atoms with Gasteiger partial charge in [0, 0.05) is 5.92 Å². The summed E-state index contributed by atoms with van der Waals surface area (Å²) in [6.07, 6.45) is 4.94. The van der Waals surface area contributed by atoms with Gasteiger partial charge in [-0.2, -0.15) is 0 Å². The van der Waals surface area contributed by atoms with E-state index in [-0.39, 0.29) is 22.3 Å². The lowest BCUT2D eigenvalue weighted by Gasteiger charge is -2.20. The number of nitrogens with one attached hydrogen (secondary N) is 1. The van der Waals surface area contributed by atoms with Gasteiger partial charge < -0.3 is 15.8 Å². The highest BCUT2D eigenvalue weighted by Crippen LogP contribution is 2.34. The van der Waals surface area contributed by atoms with Crippen LogP contribution in [0, 0.1) is 12.8 Å². The summed E-state index contributed by atoms with van der Waals surface area (Å²) >= 11 is 1.03.